The zero-order valence-electron chi connectivity index (χ0n) is 11.7. The van der Waals surface area contributed by atoms with Crippen molar-refractivity contribution in [2.75, 3.05) is 19.7 Å². The summed E-state index contributed by atoms with van der Waals surface area (Å²) >= 11 is 0. The van der Waals surface area contributed by atoms with Crippen LogP contribution in [-0.2, 0) is 4.74 Å². The Hall–Kier alpha value is -0.610. The molecule has 2 aliphatic rings. The molecular formula is C14H27N3O. The van der Waals surface area contributed by atoms with Crippen LogP contribution in [0, 0.1) is 11.3 Å². The van der Waals surface area contributed by atoms with Gasteiger partial charge >= 0.3 is 0 Å². The van der Waals surface area contributed by atoms with E-state index in [4.69, 9.17) is 15.9 Å². The maximum atomic E-state index is 7.53. The zero-order valence-corrected chi connectivity index (χ0v) is 11.7. The third-order valence-corrected chi connectivity index (χ3v) is 4.69. The number of nitrogens with one attached hydrogen (secondary N) is 1. The first kappa shape index (κ1) is 13.8. The number of amidine groups is 1. The largest absolute Gasteiger partial charge is 0.387 e. The van der Waals surface area contributed by atoms with Gasteiger partial charge in [-0.3, -0.25) is 10.3 Å². The molecule has 0 radical (unpaired) electrons. The maximum Gasteiger partial charge on any atom is 0.0947 e. The smallest absolute Gasteiger partial charge is 0.0947 e. The van der Waals surface area contributed by atoms with Gasteiger partial charge in [0.1, 0.15) is 0 Å². The van der Waals surface area contributed by atoms with Crippen LogP contribution >= 0.6 is 0 Å². The summed E-state index contributed by atoms with van der Waals surface area (Å²) in [5.41, 5.74) is 5.80. The summed E-state index contributed by atoms with van der Waals surface area (Å²) in [6.45, 7) is 7.10. The van der Waals surface area contributed by atoms with Crippen LogP contribution in [0.15, 0.2) is 0 Å². The minimum Gasteiger partial charge on any atom is -0.387 e. The molecule has 2 atom stereocenters. The molecule has 0 aromatic carbocycles. The van der Waals surface area contributed by atoms with Crippen molar-refractivity contribution >= 4 is 5.84 Å². The Morgan fingerprint density at radius 1 is 1.56 bits per heavy atom. The van der Waals surface area contributed by atoms with Gasteiger partial charge in [0.25, 0.3) is 0 Å². The van der Waals surface area contributed by atoms with Crippen LogP contribution in [-0.4, -0.2) is 42.1 Å². The van der Waals surface area contributed by atoms with Crippen LogP contribution in [0.3, 0.4) is 0 Å². The van der Waals surface area contributed by atoms with Gasteiger partial charge in [-0.05, 0) is 38.6 Å². The van der Waals surface area contributed by atoms with Crippen LogP contribution in [0.4, 0.5) is 0 Å². The lowest BCUT2D eigenvalue weighted by Crippen LogP contribution is -2.53. The molecule has 3 N–H and O–H groups in total. The molecule has 4 heteroatoms. The van der Waals surface area contributed by atoms with E-state index in [-0.39, 0.29) is 11.5 Å². The van der Waals surface area contributed by atoms with Crippen LogP contribution in [0.2, 0.25) is 0 Å². The van der Waals surface area contributed by atoms with E-state index >= 15 is 0 Å². The van der Waals surface area contributed by atoms with E-state index in [9.17, 15) is 0 Å². The molecule has 4 nitrogen and oxygen atoms in total. The zero-order chi connectivity index (χ0) is 13.2. The molecule has 0 bridgehead atoms. The van der Waals surface area contributed by atoms with Crippen molar-refractivity contribution in [2.45, 2.75) is 57.6 Å². The van der Waals surface area contributed by atoms with E-state index in [0.29, 0.717) is 11.9 Å². The topological polar surface area (TPSA) is 62.3 Å². The van der Waals surface area contributed by atoms with Gasteiger partial charge in [-0.15, -0.1) is 0 Å². The fourth-order valence-corrected chi connectivity index (χ4v) is 3.22. The van der Waals surface area contributed by atoms with Crippen molar-refractivity contribution in [1.29, 1.82) is 5.41 Å². The number of ether oxygens (including phenoxy) is 1. The van der Waals surface area contributed by atoms with Gasteiger partial charge in [-0.2, -0.15) is 0 Å². The Morgan fingerprint density at radius 2 is 2.28 bits per heavy atom. The summed E-state index contributed by atoms with van der Waals surface area (Å²) in [6, 6.07) is 0.617. The molecule has 18 heavy (non-hydrogen) atoms. The highest BCUT2D eigenvalue weighted by molar-refractivity contribution is 5.79. The molecule has 1 saturated heterocycles. The standard InChI is InChI=1S/C14H27N3O/c1-3-17(10-11(2)13(15)16)12-5-8-18-14(9-12)6-4-7-14/h11-12H,3-10H2,1-2H3,(H3,15,16). The minimum atomic E-state index is 0.158. The molecule has 2 rings (SSSR count). The number of nitrogens with zero attached hydrogens (tertiary/aromatic N) is 1. The molecule has 1 aliphatic carbocycles. The van der Waals surface area contributed by atoms with Gasteiger partial charge in [0.05, 0.1) is 11.4 Å². The molecule has 2 fully saturated rings. The lowest BCUT2D eigenvalue weighted by molar-refractivity contribution is -0.148. The van der Waals surface area contributed by atoms with Gasteiger partial charge in [0, 0.05) is 25.1 Å². The van der Waals surface area contributed by atoms with Crippen molar-refractivity contribution in [3.05, 3.63) is 0 Å². The first-order chi connectivity index (χ1) is 8.56. The third kappa shape index (κ3) is 2.86. The molecule has 0 aromatic heterocycles. The second-order valence-corrected chi connectivity index (χ2v) is 5.98. The van der Waals surface area contributed by atoms with Gasteiger partial charge in [0.15, 0.2) is 0 Å². The van der Waals surface area contributed by atoms with Crippen LogP contribution in [0.5, 0.6) is 0 Å². The lowest BCUT2D eigenvalue weighted by Gasteiger charge is -2.49. The molecule has 1 saturated carbocycles. The number of hydrogen-bond donors (Lipinski definition) is 2. The summed E-state index contributed by atoms with van der Waals surface area (Å²) in [4.78, 5) is 2.49. The Kier molecular flexibility index (Phi) is 4.28. The number of rotatable bonds is 5. The molecule has 104 valence electrons. The number of nitrogens with two attached hydrogens (primary N) is 1. The fraction of sp³-hybridized carbons (Fsp3) is 0.929. The average Bonchev–Trinajstić information content (AvgIpc) is 2.33. The van der Waals surface area contributed by atoms with Crippen LogP contribution in [0.1, 0.15) is 46.0 Å². The molecular weight excluding hydrogens is 226 g/mol. The molecule has 0 amide bonds. The Balaban J connectivity index is 1.92. The van der Waals surface area contributed by atoms with E-state index in [1.807, 2.05) is 6.92 Å². The van der Waals surface area contributed by atoms with Gasteiger partial charge < -0.3 is 10.5 Å². The highest BCUT2D eigenvalue weighted by Crippen LogP contribution is 2.43. The third-order valence-electron chi connectivity index (χ3n) is 4.69. The molecule has 1 aliphatic heterocycles. The summed E-state index contributed by atoms with van der Waals surface area (Å²) in [5.74, 6) is 0.462. The van der Waals surface area contributed by atoms with Crippen LogP contribution in [0.25, 0.3) is 0 Å². The second-order valence-electron chi connectivity index (χ2n) is 5.98. The molecule has 2 unspecified atom stereocenters. The predicted molar refractivity (Wildman–Crippen MR) is 73.9 cm³/mol. The Morgan fingerprint density at radius 3 is 2.78 bits per heavy atom. The van der Waals surface area contributed by atoms with E-state index in [2.05, 4.69) is 11.8 Å². The normalized spacial score (nSPS) is 28.1. The predicted octanol–water partition coefficient (Wildman–Crippen LogP) is 1.98. The highest BCUT2D eigenvalue weighted by atomic mass is 16.5. The maximum absolute atomic E-state index is 7.53. The quantitative estimate of drug-likeness (QED) is 0.582. The summed E-state index contributed by atoms with van der Waals surface area (Å²) < 4.78 is 5.99. The van der Waals surface area contributed by atoms with E-state index in [1.54, 1.807) is 0 Å². The minimum absolute atomic E-state index is 0.158. The highest BCUT2D eigenvalue weighted by Gasteiger charge is 2.43. The Labute approximate surface area is 110 Å². The van der Waals surface area contributed by atoms with Crippen LogP contribution < -0.4 is 5.73 Å². The van der Waals surface area contributed by atoms with E-state index in [1.165, 1.54) is 25.7 Å². The first-order valence-electron chi connectivity index (χ1n) is 7.28. The first-order valence-corrected chi connectivity index (χ1v) is 7.28. The van der Waals surface area contributed by atoms with Crippen molar-refractivity contribution in [1.82, 2.24) is 4.90 Å². The summed E-state index contributed by atoms with van der Waals surface area (Å²) in [6.07, 6.45) is 6.10. The molecule has 1 spiro atoms. The van der Waals surface area contributed by atoms with Gasteiger partial charge in [-0.1, -0.05) is 13.8 Å². The molecule has 0 aromatic rings. The monoisotopic (exact) mass is 253 g/mol. The van der Waals surface area contributed by atoms with Gasteiger partial charge in [0.2, 0.25) is 0 Å². The van der Waals surface area contributed by atoms with Crippen molar-refractivity contribution in [3.8, 4) is 0 Å². The average molecular weight is 253 g/mol. The Bertz CT molecular complexity index is 301. The van der Waals surface area contributed by atoms with Crippen molar-refractivity contribution in [2.24, 2.45) is 11.7 Å². The molecule has 1 heterocycles. The lowest BCUT2D eigenvalue weighted by atomic mass is 9.73. The SMILES string of the molecule is CCN(CC(C)C(=N)N)C1CCOC2(CCC2)C1. The van der Waals surface area contributed by atoms with E-state index in [0.717, 1.165) is 26.1 Å². The fourth-order valence-electron chi connectivity index (χ4n) is 3.22. The summed E-state index contributed by atoms with van der Waals surface area (Å²) in [7, 11) is 0. The van der Waals surface area contributed by atoms with Crippen molar-refractivity contribution in [3.63, 3.8) is 0 Å². The summed E-state index contributed by atoms with van der Waals surface area (Å²) in [5, 5.41) is 7.53. The second kappa shape index (κ2) is 5.57. The van der Waals surface area contributed by atoms with Gasteiger partial charge in [-0.25, -0.2) is 0 Å². The number of hydrogen-bond acceptors (Lipinski definition) is 3. The van der Waals surface area contributed by atoms with Crippen molar-refractivity contribution < 1.29 is 4.74 Å². The van der Waals surface area contributed by atoms with E-state index < -0.39 is 0 Å².